The van der Waals surface area contributed by atoms with E-state index in [4.69, 9.17) is 9.84 Å². The lowest BCUT2D eigenvalue weighted by molar-refractivity contribution is -0.385. The molecule has 0 unspecified atom stereocenters. The summed E-state index contributed by atoms with van der Waals surface area (Å²) in [5.74, 6) is 0.578. The molecule has 0 aromatic heterocycles. The van der Waals surface area contributed by atoms with Gasteiger partial charge in [-0.25, -0.2) is 0 Å². The Morgan fingerprint density at radius 2 is 1.78 bits per heavy atom. The Morgan fingerprint density at radius 3 is 2.59 bits per heavy atom. The fourth-order valence-electron chi connectivity index (χ4n) is 3.39. The van der Waals surface area contributed by atoms with Crippen LogP contribution in [0.3, 0.4) is 0 Å². The first-order valence-corrected chi connectivity index (χ1v) is 8.62. The Hall–Kier alpha value is -3.44. The van der Waals surface area contributed by atoms with E-state index in [9.17, 15) is 10.1 Å². The van der Waals surface area contributed by atoms with Crippen molar-refractivity contribution in [1.82, 2.24) is 0 Å². The van der Waals surface area contributed by atoms with Crippen LogP contribution in [0.25, 0.3) is 23.3 Å². The van der Waals surface area contributed by atoms with Gasteiger partial charge in [-0.1, -0.05) is 42.5 Å². The number of para-hydroxylation sites is 1. The number of nitrogens with zero attached hydrogens (tertiary/aromatic N) is 1. The standard InChI is InChI=1S/C22H17NO4/c24-11-12-27-22-8-4-2-6-16(22)14-20-19-13-15-5-1-3-7-17(15)18(19)9-10-21(20)23(25)26/h1-10,13-14,24H,11-12H2. The van der Waals surface area contributed by atoms with E-state index >= 15 is 0 Å². The molecule has 0 fully saturated rings. The smallest absolute Gasteiger partial charge is 0.277 e. The lowest BCUT2D eigenvalue weighted by Crippen LogP contribution is -2.28. The molecule has 0 amide bonds. The number of aliphatic hydroxyl groups excluding tert-OH is 1. The molecular weight excluding hydrogens is 342 g/mol. The van der Waals surface area contributed by atoms with E-state index in [1.165, 1.54) is 0 Å². The summed E-state index contributed by atoms with van der Waals surface area (Å²) in [5, 5.41) is 22.1. The monoisotopic (exact) mass is 359 g/mol. The first kappa shape index (κ1) is 17.0. The van der Waals surface area contributed by atoms with E-state index in [-0.39, 0.29) is 23.8 Å². The van der Waals surface area contributed by atoms with Gasteiger partial charge in [-0.2, -0.15) is 0 Å². The minimum atomic E-state index is -0.361. The number of hydrogen-bond acceptors (Lipinski definition) is 4. The van der Waals surface area contributed by atoms with Crippen molar-refractivity contribution in [3.63, 3.8) is 0 Å². The van der Waals surface area contributed by atoms with Crippen LogP contribution in [0, 0.1) is 10.1 Å². The summed E-state index contributed by atoms with van der Waals surface area (Å²) in [6, 6.07) is 18.6. The van der Waals surface area contributed by atoms with E-state index in [0.717, 1.165) is 27.5 Å². The molecule has 0 atom stereocenters. The van der Waals surface area contributed by atoms with Crippen molar-refractivity contribution < 1.29 is 14.8 Å². The lowest BCUT2D eigenvalue weighted by Gasteiger charge is -2.07. The molecule has 3 aromatic rings. The van der Waals surface area contributed by atoms with Crippen molar-refractivity contribution in [2.24, 2.45) is 0 Å². The van der Waals surface area contributed by atoms with Crippen LogP contribution >= 0.6 is 0 Å². The number of non-ortho nitro benzene ring substituents is 1. The van der Waals surface area contributed by atoms with Crippen LogP contribution in [0.1, 0.15) is 11.1 Å². The van der Waals surface area contributed by atoms with Gasteiger partial charge in [0.15, 0.2) is 0 Å². The van der Waals surface area contributed by atoms with E-state index in [0.29, 0.717) is 11.0 Å². The van der Waals surface area contributed by atoms with Crippen molar-refractivity contribution in [3.8, 4) is 16.9 Å². The molecule has 0 saturated heterocycles. The Balaban J connectivity index is 1.99. The number of benzene rings is 3. The van der Waals surface area contributed by atoms with Gasteiger partial charge in [0.05, 0.1) is 16.7 Å². The highest BCUT2D eigenvalue weighted by Crippen LogP contribution is 2.26. The maximum Gasteiger partial charge on any atom is 0.277 e. The average molecular weight is 359 g/mol. The molecule has 4 rings (SSSR count). The fraction of sp³-hybridized carbons (Fsp3) is 0.0909. The predicted octanol–water partition coefficient (Wildman–Crippen LogP) is 2.60. The number of rotatable bonds is 5. The minimum Gasteiger partial charge on any atom is -0.491 e. The molecule has 0 radical (unpaired) electrons. The van der Waals surface area contributed by atoms with Gasteiger partial charge in [0, 0.05) is 11.6 Å². The molecule has 0 heterocycles. The summed E-state index contributed by atoms with van der Waals surface area (Å²) in [6.07, 6.45) is 3.77. The van der Waals surface area contributed by atoms with Gasteiger partial charge < -0.3 is 9.84 Å². The Morgan fingerprint density at radius 1 is 1.00 bits per heavy atom. The van der Waals surface area contributed by atoms with Gasteiger partial charge in [-0.15, -0.1) is 0 Å². The van der Waals surface area contributed by atoms with Gasteiger partial charge in [0.2, 0.25) is 0 Å². The molecule has 1 N–H and O–H groups in total. The quantitative estimate of drug-likeness (QED) is 0.439. The zero-order chi connectivity index (χ0) is 18.8. The number of fused-ring (bicyclic) bond motifs is 3. The first-order chi connectivity index (χ1) is 13.2. The number of aliphatic hydroxyl groups is 1. The van der Waals surface area contributed by atoms with Gasteiger partial charge in [-0.3, -0.25) is 10.1 Å². The van der Waals surface area contributed by atoms with Crippen molar-refractivity contribution in [1.29, 1.82) is 0 Å². The van der Waals surface area contributed by atoms with Gasteiger partial charge in [-0.05, 0) is 46.2 Å². The number of nitro groups is 1. The molecule has 0 saturated carbocycles. The lowest BCUT2D eigenvalue weighted by atomic mass is 10.0. The van der Waals surface area contributed by atoms with Crippen molar-refractivity contribution in [2.45, 2.75) is 0 Å². The molecule has 3 aromatic carbocycles. The number of nitro benzene ring substituents is 1. The molecule has 0 spiro atoms. The summed E-state index contributed by atoms with van der Waals surface area (Å²) < 4.78 is 5.58. The van der Waals surface area contributed by atoms with Crippen LogP contribution in [-0.2, 0) is 0 Å². The molecule has 1 aliphatic rings. The molecule has 5 heteroatoms. The fourth-order valence-corrected chi connectivity index (χ4v) is 3.39. The highest BCUT2D eigenvalue weighted by Gasteiger charge is 2.18. The van der Waals surface area contributed by atoms with Crippen LogP contribution in [0.2, 0.25) is 0 Å². The summed E-state index contributed by atoms with van der Waals surface area (Å²) in [4.78, 5) is 11.3. The van der Waals surface area contributed by atoms with Gasteiger partial charge >= 0.3 is 0 Å². The number of hydrogen-bond donors (Lipinski definition) is 1. The molecule has 134 valence electrons. The van der Waals surface area contributed by atoms with Crippen LogP contribution in [0.15, 0.2) is 60.7 Å². The Labute approximate surface area is 155 Å². The molecule has 27 heavy (non-hydrogen) atoms. The molecule has 0 bridgehead atoms. The third-order valence-electron chi connectivity index (χ3n) is 4.58. The van der Waals surface area contributed by atoms with Crippen molar-refractivity contribution in [3.05, 3.63) is 92.3 Å². The summed E-state index contributed by atoms with van der Waals surface area (Å²) in [7, 11) is 0. The summed E-state index contributed by atoms with van der Waals surface area (Å²) >= 11 is 0. The molecule has 0 aliphatic heterocycles. The summed E-state index contributed by atoms with van der Waals surface area (Å²) in [5.41, 5.74) is 3.88. The molecular formula is C22H17NO4. The third kappa shape index (κ3) is 3.09. The molecule has 5 nitrogen and oxygen atoms in total. The van der Waals surface area contributed by atoms with Crippen LogP contribution in [0.4, 0.5) is 5.69 Å². The SMILES string of the molecule is O=[N+]([O-])c1ccc2c(c1=Cc1ccccc1OCCO)=Cc1ccccc1-2. The van der Waals surface area contributed by atoms with Gasteiger partial charge in [0.1, 0.15) is 12.4 Å². The van der Waals surface area contributed by atoms with E-state index in [2.05, 4.69) is 0 Å². The van der Waals surface area contributed by atoms with E-state index < -0.39 is 0 Å². The summed E-state index contributed by atoms with van der Waals surface area (Å²) in [6.45, 7) is 0.0652. The Bertz CT molecular complexity index is 1150. The second-order valence-electron chi connectivity index (χ2n) is 6.20. The number of ether oxygens (including phenoxy) is 1. The van der Waals surface area contributed by atoms with Crippen molar-refractivity contribution >= 4 is 17.8 Å². The molecule has 1 aliphatic carbocycles. The maximum atomic E-state index is 11.6. The minimum absolute atomic E-state index is 0.0507. The van der Waals surface area contributed by atoms with Crippen molar-refractivity contribution in [2.75, 3.05) is 13.2 Å². The average Bonchev–Trinajstić information content (AvgIpc) is 3.06. The van der Waals surface area contributed by atoms with Crippen LogP contribution in [0.5, 0.6) is 5.75 Å². The van der Waals surface area contributed by atoms with Crippen LogP contribution < -0.4 is 15.2 Å². The van der Waals surface area contributed by atoms with Gasteiger partial charge in [0.25, 0.3) is 5.69 Å². The van der Waals surface area contributed by atoms with E-state index in [1.807, 2.05) is 48.5 Å². The highest BCUT2D eigenvalue weighted by molar-refractivity contribution is 5.84. The predicted molar refractivity (Wildman–Crippen MR) is 104 cm³/mol. The highest BCUT2D eigenvalue weighted by atomic mass is 16.6. The topological polar surface area (TPSA) is 72.6 Å². The van der Waals surface area contributed by atoms with Crippen LogP contribution in [-0.4, -0.2) is 23.2 Å². The zero-order valence-electron chi connectivity index (χ0n) is 14.5. The normalized spacial score (nSPS) is 12.3. The second-order valence-corrected chi connectivity index (χ2v) is 6.20. The second kappa shape index (κ2) is 7.05. The van der Waals surface area contributed by atoms with E-state index in [1.54, 1.807) is 24.3 Å². The zero-order valence-corrected chi connectivity index (χ0v) is 14.5. The maximum absolute atomic E-state index is 11.6. The largest absolute Gasteiger partial charge is 0.491 e. The Kier molecular flexibility index (Phi) is 4.44. The third-order valence-corrected chi connectivity index (χ3v) is 4.58. The first-order valence-electron chi connectivity index (χ1n) is 8.62.